The summed E-state index contributed by atoms with van der Waals surface area (Å²) in [5, 5.41) is 0. The molecule has 0 unspecified atom stereocenters. The van der Waals surface area contributed by atoms with Crippen LogP contribution in [-0.2, 0) is 16.0 Å². The van der Waals surface area contributed by atoms with Gasteiger partial charge in [-0.1, -0.05) is 12.1 Å². The summed E-state index contributed by atoms with van der Waals surface area (Å²) in [5.74, 6) is 0.944. The normalized spacial score (nSPS) is 14.5. The second kappa shape index (κ2) is 8.41. The number of aryl methyl sites for hydroxylation is 1. The Hall–Kier alpha value is -2.24. The minimum atomic E-state index is -0.294. The Morgan fingerprint density at radius 2 is 1.65 bits per heavy atom. The van der Waals surface area contributed by atoms with E-state index >= 15 is 0 Å². The summed E-state index contributed by atoms with van der Waals surface area (Å²) in [6, 6.07) is 7.76. The Balaban J connectivity index is 1.75. The quantitative estimate of drug-likeness (QED) is 0.832. The third kappa shape index (κ3) is 4.87. The van der Waals surface area contributed by atoms with Crippen LogP contribution in [-0.4, -0.2) is 61.7 Å². The molecule has 23 heavy (non-hydrogen) atoms. The first-order chi connectivity index (χ1) is 11.1. The molecule has 2 amide bonds. The lowest BCUT2D eigenvalue weighted by atomic mass is 10.1. The van der Waals surface area contributed by atoms with Crippen LogP contribution in [0.2, 0.25) is 0 Å². The minimum Gasteiger partial charge on any atom is -0.497 e. The van der Waals surface area contributed by atoms with Crippen molar-refractivity contribution in [3.63, 3.8) is 0 Å². The maximum atomic E-state index is 12.3. The van der Waals surface area contributed by atoms with E-state index in [4.69, 9.17) is 9.47 Å². The molecule has 0 atom stereocenters. The predicted octanol–water partition coefficient (Wildman–Crippen LogP) is 1.93. The highest BCUT2D eigenvalue weighted by molar-refractivity contribution is 5.77. The molecule has 1 saturated heterocycles. The van der Waals surface area contributed by atoms with Gasteiger partial charge in [0, 0.05) is 32.6 Å². The molecule has 126 valence electrons. The number of carbonyl (C=O) groups is 2. The number of ether oxygens (including phenoxy) is 2. The van der Waals surface area contributed by atoms with Crippen molar-refractivity contribution in [2.75, 3.05) is 39.9 Å². The van der Waals surface area contributed by atoms with Crippen LogP contribution in [0.15, 0.2) is 24.3 Å². The average molecular weight is 320 g/mol. The molecule has 1 aliphatic heterocycles. The van der Waals surface area contributed by atoms with Crippen molar-refractivity contribution in [3.05, 3.63) is 29.8 Å². The lowest BCUT2D eigenvalue weighted by Gasteiger charge is -2.34. The first-order valence-corrected chi connectivity index (χ1v) is 7.96. The Bertz CT molecular complexity index is 522. The number of nitrogens with zero attached hydrogens (tertiary/aromatic N) is 2. The van der Waals surface area contributed by atoms with Crippen molar-refractivity contribution in [2.24, 2.45) is 0 Å². The van der Waals surface area contributed by atoms with Gasteiger partial charge in [-0.05, 0) is 31.0 Å². The molecule has 2 rings (SSSR count). The second-order valence-corrected chi connectivity index (χ2v) is 5.41. The Morgan fingerprint density at radius 3 is 2.22 bits per heavy atom. The monoisotopic (exact) mass is 320 g/mol. The maximum Gasteiger partial charge on any atom is 0.409 e. The highest BCUT2D eigenvalue weighted by Gasteiger charge is 2.24. The zero-order valence-corrected chi connectivity index (χ0v) is 13.8. The lowest BCUT2D eigenvalue weighted by molar-refractivity contribution is -0.132. The molecule has 0 radical (unpaired) electrons. The maximum absolute atomic E-state index is 12.3. The van der Waals surface area contributed by atoms with Crippen LogP contribution in [0.1, 0.15) is 18.9 Å². The number of methoxy groups -OCH3 is 1. The van der Waals surface area contributed by atoms with Crippen molar-refractivity contribution in [1.82, 2.24) is 9.80 Å². The van der Waals surface area contributed by atoms with Crippen LogP contribution in [0.3, 0.4) is 0 Å². The Morgan fingerprint density at radius 1 is 1.04 bits per heavy atom. The number of benzene rings is 1. The standard InChI is InChI=1S/C17H24N2O4/c1-3-23-17(21)19-12-10-18(11-13-19)16(20)9-6-14-4-7-15(22-2)8-5-14/h4-5,7-8H,3,6,9-13H2,1-2H3. The van der Waals surface area contributed by atoms with Gasteiger partial charge < -0.3 is 19.3 Å². The second-order valence-electron chi connectivity index (χ2n) is 5.41. The molecule has 0 aliphatic carbocycles. The third-order valence-electron chi connectivity index (χ3n) is 3.94. The summed E-state index contributed by atoms with van der Waals surface area (Å²) in [4.78, 5) is 27.4. The number of hydrogen-bond acceptors (Lipinski definition) is 4. The van der Waals surface area contributed by atoms with Gasteiger partial charge in [0.25, 0.3) is 0 Å². The van der Waals surface area contributed by atoms with E-state index in [0.29, 0.717) is 45.6 Å². The third-order valence-corrected chi connectivity index (χ3v) is 3.94. The fourth-order valence-electron chi connectivity index (χ4n) is 2.55. The average Bonchev–Trinajstić information content (AvgIpc) is 2.60. The first kappa shape index (κ1) is 17.1. The molecule has 1 aromatic carbocycles. The molecule has 0 aromatic heterocycles. The van der Waals surface area contributed by atoms with Crippen molar-refractivity contribution in [3.8, 4) is 5.75 Å². The van der Waals surface area contributed by atoms with Crippen LogP contribution in [0.4, 0.5) is 4.79 Å². The first-order valence-electron chi connectivity index (χ1n) is 7.96. The van der Waals surface area contributed by atoms with Gasteiger partial charge in [-0.15, -0.1) is 0 Å². The number of rotatable bonds is 5. The van der Waals surface area contributed by atoms with Gasteiger partial charge in [-0.2, -0.15) is 0 Å². The summed E-state index contributed by atoms with van der Waals surface area (Å²) in [6.07, 6.45) is 0.893. The van der Waals surface area contributed by atoms with Crippen LogP contribution in [0.25, 0.3) is 0 Å². The van der Waals surface area contributed by atoms with E-state index in [-0.39, 0.29) is 12.0 Å². The number of hydrogen-bond donors (Lipinski definition) is 0. The summed E-state index contributed by atoms with van der Waals surface area (Å²) in [6.45, 7) is 4.37. The molecule has 6 heteroatoms. The van der Waals surface area contributed by atoms with Gasteiger partial charge in [-0.25, -0.2) is 4.79 Å². The van der Waals surface area contributed by atoms with Crippen LogP contribution in [0, 0.1) is 0 Å². The largest absolute Gasteiger partial charge is 0.497 e. The molecule has 0 saturated carbocycles. The molecule has 1 aliphatic rings. The summed E-state index contributed by atoms with van der Waals surface area (Å²) >= 11 is 0. The van der Waals surface area contributed by atoms with E-state index in [1.807, 2.05) is 29.2 Å². The number of carbonyl (C=O) groups excluding carboxylic acids is 2. The van der Waals surface area contributed by atoms with Crippen molar-refractivity contribution in [1.29, 1.82) is 0 Å². The fourth-order valence-corrected chi connectivity index (χ4v) is 2.55. The van der Waals surface area contributed by atoms with Gasteiger partial charge in [0.1, 0.15) is 5.75 Å². The predicted molar refractivity (Wildman–Crippen MR) is 86.5 cm³/mol. The van der Waals surface area contributed by atoms with Gasteiger partial charge >= 0.3 is 6.09 Å². The summed E-state index contributed by atoms with van der Waals surface area (Å²) in [5.41, 5.74) is 1.12. The van der Waals surface area contributed by atoms with Crippen molar-refractivity contribution < 1.29 is 19.1 Å². The van der Waals surface area contributed by atoms with Gasteiger partial charge in [-0.3, -0.25) is 4.79 Å². The smallest absolute Gasteiger partial charge is 0.409 e. The topological polar surface area (TPSA) is 59.1 Å². The highest BCUT2D eigenvalue weighted by atomic mass is 16.6. The van der Waals surface area contributed by atoms with Crippen LogP contribution < -0.4 is 4.74 Å². The number of piperazine rings is 1. The van der Waals surface area contributed by atoms with Gasteiger partial charge in [0.15, 0.2) is 0 Å². The van der Waals surface area contributed by atoms with Gasteiger partial charge in [0.05, 0.1) is 13.7 Å². The molecule has 1 fully saturated rings. The number of amides is 2. The van der Waals surface area contributed by atoms with Crippen LogP contribution in [0.5, 0.6) is 5.75 Å². The molecule has 1 aromatic rings. The SMILES string of the molecule is CCOC(=O)N1CCN(C(=O)CCc2ccc(OC)cc2)CC1. The zero-order valence-electron chi connectivity index (χ0n) is 13.8. The minimum absolute atomic E-state index is 0.129. The zero-order chi connectivity index (χ0) is 16.7. The molecule has 1 heterocycles. The molecular formula is C17H24N2O4. The summed E-state index contributed by atoms with van der Waals surface area (Å²) in [7, 11) is 1.63. The molecule has 0 spiro atoms. The highest BCUT2D eigenvalue weighted by Crippen LogP contribution is 2.13. The van der Waals surface area contributed by atoms with E-state index in [1.54, 1.807) is 18.9 Å². The van der Waals surface area contributed by atoms with E-state index < -0.39 is 0 Å². The molecule has 6 nitrogen and oxygen atoms in total. The lowest BCUT2D eigenvalue weighted by Crippen LogP contribution is -2.50. The van der Waals surface area contributed by atoms with Crippen molar-refractivity contribution >= 4 is 12.0 Å². The fraction of sp³-hybridized carbons (Fsp3) is 0.529. The van der Waals surface area contributed by atoms with E-state index in [1.165, 1.54) is 0 Å². The van der Waals surface area contributed by atoms with Gasteiger partial charge in [0.2, 0.25) is 5.91 Å². The van der Waals surface area contributed by atoms with Crippen LogP contribution >= 0.6 is 0 Å². The summed E-state index contributed by atoms with van der Waals surface area (Å²) < 4.78 is 10.1. The Labute approximate surface area is 137 Å². The van der Waals surface area contributed by atoms with E-state index in [0.717, 1.165) is 11.3 Å². The van der Waals surface area contributed by atoms with E-state index in [2.05, 4.69) is 0 Å². The van der Waals surface area contributed by atoms with Crippen molar-refractivity contribution in [2.45, 2.75) is 19.8 Å². The molecule has 0 bridgehead atoms. The van der Waals surface area contributed by atoms with E-state index in [9.17, 15) is 9.59 Å². The Kier molecular flexibility index (Phi) is 6.26. The molecule has 0 N–H and O–H groups in total. The molecular weight excluding hydrogens is 296 g/mol.